The molecule has 0 aromatic rings. The Morgan fingerprint density at radius 3 is 2.50 bits per heavy atom. The van der Waals surface area contributed by atoms with E-state index in [1.807, 2.05) is 0 Å². The lowest BCUT2D eigenvalue weighted by Gasteiger charge is -1.88. The van der Waals surface area contributed by atoms with Crippen LogP contribution >= 0.6 is 0 Å². The third kappa shape index (κ3) is 0.247. The van der Waals surface area contributed by atoms with Gasteiger partial charge in [-0.05, 0) is 0 Å². The average Bonchev–Trinajstić information content (AvgIpc) is 1.31. The van der Waals surface area contributed by atoms with Crippen LogP contribution in [0.4, 0.5) is 0 Å². The Morgan fingerprint density at radius 2 is 2.50 bits per heavy atom. The number of rotatable bonds is 1. The second-order valence-corrected chi connectivity index (χ2v) is 0.887. The van der Waals surface area contributed by atoms with E-state index in [4.69, 9.17) is 0 Å². The van der Waals surface area contributed by atoms with Crippen LogP contribution in [0.25, 0.3) is 0 Å². The summed E-state index contributed by atoms with van der Waals surface area (Å²) in [7, 11) is 0. The van der Waals surface area contributed by atoms with Crippen molar-refractivity contribution in [1.82, 2.24) is 0 Å². The Hall–Kier alpha value is -0.990. The molecule has 30 valence electrons. The van der Waals surface area contributed by atoms with Crippen molar-refractivity contribution in [1.29, 1.82) is 0 Å². The molecular weight excluding hydrogens is 80.0 g/mol. The topological polar surface area (TPSA) is 41.8 Å². The van der Waals surface area contributed by atoms with Crippen LogP contribution in [0.15, 0.2) is 22.1 Å². The van der Waals surface area contributed by atoms with Gasteiger partial charge in [0.1, 0.15) is 5.70 Å². The van der Waals surface area contributed by atoms with E-state index in [0.717, 1.165) is 0 Å². The number of carbonyl (C=O) groups is 1. The lowest BCUT2D eigenvalue weighted by atomic mass is 10.5. The molecule has 0 fully saturated rings. The zero-order chi connectivity index (χ0) is 4.41. The standard InChI is InChI=1S/C3H2N2O/c6-2-3-1-4-5-3/h1-2H. The van der Waals surface area contributed by atoms with Gasteiger partial charge in [-0.3, -0.25) is 4.79 Å². The molecule has 0 spiro atoms. The maximum atomic E-state index is 9.57. The molecule has 0 saturated heterocycles. The number of nitrogens with zero attached hydrogens (tertiary/aromatic N) is 2. The highest BCUT2D eigenvalue weighted by Crippen LogP contribution is 2.02. The molecule has 0 aromatic carbocycles. The monoisotopic (exact) mass is 82.0 g/mol. The third-order valence-electron chi connectivity index (χ3n) is 0.484. The van der Waals surface area contributed by atoms with Crippen LogP contribution in [0.2, 0.25) is 0 Å². The number of allylic oxidation sites excluding steroid dienone is 1. The zero-order valence-corrected chi connectivity index (χ0v) is 2.96. The number of aldehydes is 1. The molecule has 1 aliphatic heterocycles. The molecule has 0 saturated carbocycles. The van der Waals surface area contributed by atoms with Crippen LogP contribution in [-0.4, -0.2) is 6.29 Å². The molecule has 1 heterocycles. The number of carbonyl (C=O) groups excluding carboxylic acids is 1. The van der Waals surface area contributed by atoms with Crippen molar-refractivity contribution in [3.63, 3.8) is 0 Å². The van der Waals surface area contributed by atoms with E-state index < -0.39 is 0 Å². The van der Waals surface area contributed by atoms with Crippen molar-refractivity contribution in [2.75, 3.05) is 0 Å². The third-order valence-corrected chi connectivity index (χ3v) is 0.484. The van der Waals surface area contributed by atoms with Gasteiger partial charge in [-0.1, -0.05) is 0 Å². The first-order valence-electron chi connectivity index (χ1n) is 1.49. The Kier molecular flexibility index (Phi) is 0.538. The maximum Gasteiger partial charge on any atom is 0.171 e. The van der Waals surface area contributed by atoms with Crippen molar-refractivity contribution in [2.45, 2.75) is 0 Å². The van der Waals surface area contributed by atoms with E-state index >= 15 is 0 Å². The van der Waals surface area contributed by atoms with Crippen LogP contribution in [0.3, 0.4) is 0 Å². The van der Waals surface area contributed by atoms with Crippen molar-refractivity contribution in [3.05, 3.63) is 11.9 Å². The van der Waals surface area contributed by atoms with Gasteiger partial charge in [0.15, 0.2) is 6.29 Å². The first-order valence-corrected chi connectivity index (χ1v) is 1.49. The average molecular weight is 82.1 g/mol. The molecule has 0 radical (unpaired) electrons. The quantitative estimate of drug-likeness (QED) is 0.424. The summed E-state index contributed by atoms with van der Waals surface area (Å²) >= 11 is 0. The molecule has 0 unspecified atom stereocenters. The first kappa shape index (κ1) is 3.21. The summed E-state index contributed by atoms with van der Waals surface area (Å²) < 4.78 is 0. The molecule has 1 aliphatic rings. The first-order chi connectivity index (χ1) is 2.93. The van der Waals surface area contributed by atoms with Crippen LogP contribution < -0.4 is 0 Å². The molecule has 0 bridgehead atoms. The fourth-order valence-corrected chi connectivity index (χ4v) is 0.178. The zero-order valence-electron chi connectivity index (χ0n) is 2.96. The minimum atomic E-state index is 0.426. The minimum absolute atomic E-state index is 0.426. The Balaban J connectivity index is 2.57. The van der Waals surface area contributed by atoms with Crippen molar-refractivity contribution >= 4 is 6.29 Å². The lowest BCUT2D eigenvalue weighted by Crippen LogP contribution is -1.81. The van der Waals surface area contributed by atoms with E-state index in [1.165, 1.54) is 6.20 Å². The van der Waals surface area contributed by atoms with Crippen LogP contribution in [-0.2, 0) is 4.79 Å². The normalized spacial score (nSPS) is 15.7. The van der Waals surface area contributed by atoms with Gasteiger partial charge in [0.05, 0.1) is 6.20 Å². The summed E-state index contributed by atoms with van der Waals surface area (Å²) in [5.41, 5.74) is 0.426. The Morgan fingerprint density at radius 1 is 1.83 bits per heavy atom. The maximum absolute atomic E-state index is 9.57. The molecule has 0 N–H and O–H groups in total. The van der Waals surface area contributed by atoms with Gasteiger partial charge in [0.2, 0.25) is 0 Å². The summed E-state index contributed by atoms with van der Waals surface area (Å²) in [6, 6.07) is 0. The van der Waals surface area contributed by atoms with Crippen LogP contribution in [0.5, 0.6) is 0 Å². The second kappa shape index (κ2) is 1.01. The van der Waals surface area contributed by atoms with Gasteiger partial charge < -0.3 is 0 Å². The second-order valence-electron chi connectivity index (χ2n) is 0.887. The molecule has 6 heavy (non-hydrogen) atoms. The molecule has 0 amide bonds. The van der Waals surface area contributed by atoms with E-state index in [1.54, 1.807) is 0 Å². The molecular formula is C3H2N2O. The van der Waals surface area contributed by atoms with Crippen LogP contribution in [0.1, 0.15) is 0 Å². The molecule has 0 atom stereocenters. The van der Waals surface area contributed by atoms with Crippen LogP contribution in [0, 0.1) is 0 Å². The number of hydrogen-bond acceptors (Lipinski definition) is 3. The van der Waals surface area contributed by atoms with Crippen molar-refractivity contribution in [2.24, 2.45) is 10.2 Å². The van der Waals surface area contributed by atoms with E-state index in [9.17, 15) is 4.79 Å². The highest BCUT2D eigenvalue weighted by atomic mass is 16.1. The SMILES string of the molecule is O=CC1=CN=N1. The van der Waals surface area contributed by atoms with Gasteiger partial charge in [-0.2, -0.15) is 5.11 Å². The predicted molar refractivity (Wildman–Crippen MR) is 19.0 cm³/mol. The minimum Gasteiger partial charge on any atom is -0.296 e. The highest BCUT2D eigenvalue weighted by Gasteiger charge is 1.94. The number of azo groups is 1. The van der Waals surface area contributed by atoms with Crippen molar-refractivity contribution in [3.8, 4) is 0 Å². The molecule has 3 heteroatoms. The lowest BCUT2D eigenvalue weighted by molar-refractivity contribution is -0.105. The predicted octanol–water partition coefficient (Wildman–Crippen LogP) is 0.492. The van der Waals surface area contributed by atoms with Gasteiger partial charge in [-0.25, -0.2) is 0 Å². The van der Waals surface area contributed by atoms with E-state index in [2.05, 4.69) is 10.2 Å². The molecule has 0 aromatic heterocycles. The van der Waals surface area contributed by atoms with E-state index in [0.29, 0.717) is 12.0 Å². The summed E-state index contributed by atoms with van der Waals surface area (Å²) in [5, 5.41) is 6.61. The highest BCUT2D eigenvalue weighted by molar-refractivity contribution is 5.73. The van der Waals surface area contributed by atoms with Gasteiger partial charge in [-0.15, -0.1) is 5.11 Å². The molecule has 3 nitrogen and oxygen atoms in total. The summed E-state index contributed by atoms with van der Waals surface area (Å²) in [6.45, 7) is 0. The summed E-state index contributed by atoms with van der Waals surface area (Å²) in [4.78, 5) is 9.57. The fourth-order valence-electron chi connectivity index (χ4n) is 0.178. The van der Waals surface area contributed by atoms with Gasteiger partial charge >= 0.3 is 0 Å². The molecule has 0 aliphatic carbocycles. The Bertz CT molecular complexity index is 121. The molecule has 1 rings (SSSR count). The van der Waals surface area contributed by atoms with E-state index in [-0.39, 0.29) is 0 Å². The number of hydrogen-bond donors (Lipinski definition) is 0. The Labute approximate surface area is 34.4 Å². The summed E-state index contributed by atoms with van der Waals surface area (Å²) in [5.74, 6) is 0. The van der Waals surface area contributed by atoms with Crippen molar-refractivity contribution < 1.29 is 4.79 Å². The fraction of sp³-hybridized carbons (Fsp3) is 0. The largest absolute Gasteiger partial charge is 0.296 e. The van der Waals surface area contributed by atoms with Gasteiger partial charge in [0, 0.05) is 0 Å². The smallest absolute Gasteiger partial charge is 0.171 e. The summed E-state index contributed by atoms with van der Waals surface area (Å²) in [6.07, 6.45) is 2.07. The van der Waals surface area contributed by atoms with Gasteiger partial charge in [0.25, 0.3) is 0 Å².